The molecule has 0 unspecified atom stereocenters. The number of carbonyl (C=O) groups is 1. The zero-order chi connectivity index (χ0) is 21.4. The third-order valence-electron chi connectivity index (χ3n) is 3.99. The van der Waals surface area contributed by atoms with Gasteiger partial charge >= 0.3 is 5.97 Å². The van der Waals surface area contributed by atoms with Crippen molar-refractivity contribution in [2.75, 3.05) is 0 Å². The highest BCUT2D eigenvalue weighted by Crippen LogP contribution is 2.31. The van der Waals surface area contributed by atoms with Gasteiger partial charge in [-0.3, -0.25) is 4.68 Å². The predicted molar refractivity (Wildman–Crippen MR) is 111 cm³/mol. The van der Waals surface area contributed by atoms with Gasteiger partial charge in [0.1, 0.15) is 9.81 Å². The summed E-state index contributed by atoms with van der Waals surface area (Å²) in [5, 5.41) is 4.87. The van der Waals surface area contributed by atoms with Crippen LogP contribution in [0.25, 0.3) is 11.1 Å². The van der Waals surface area contributed by atoms with Crippen LogP contribution in [-0.2, 0) is 28.0 Å². The van der Waals surface area contributed by atoms with Crippen LogP contribution in [0.2, 0.25) is 0 Å². The van der Waals surface area contributed by atoms with Gasteiger partial charge in [0, 0.05) is 18.8 Å². The number of benzene rings is 1. The van der Waals surface area contributed by atoms with E-state index in [1.807, 2.05) is 6.92 Å². The van der Waals surface area contributed by atoms with Crippen LogP contribution >= 0.6 is 11.3 Å². The maximum atomic E-state index is 13.2. The first kappa shape index (κ1) is 21.2. The van der Waals surface area contributed by atoms with Crippen LogP contribution in [0.1, 0.15) is 43.1 Å². The van der Waals surface area contributed by atoms with Crippen molar-refractivity contribution in [3.05, 3.63) is 47.4 Å². The van der Waals surface area contributed by atoms with E-state index in [1.165, 1.54) is 12.3 Å². The zero-order valence-electron chi connectivity index (χ0n) is 17.0. The monoisotopic (exact) mass is 433 g/mol. The van der Waals surface area contributed by atoms with E-state index in [2.05, 4.69) is 10.1 Å². The number of thiazole rings is 1. The minimum absolute atomic E-state index is 0.0195. The van der Waals surface area contributed by atoms with Gasteiger partial charge in [-0.2, -0.15) is 5.10 Å². The Balaban J connectivity index is 2.15. The number of aryl methyl sites for hydroxylation is 2. The summed E-state index contributed by atoms with van der Waals surface area (Å²) in [7, 11) is -2.06. The van der Waals surface area contributed by atoms with E-state index in [0.29, 0.717) is 17.5 Å². The SMILES string of the molecule is CCc1ncc(S(=O)(=O)c2cc(C(=O)OC(C)(C)C)cc(-c3cnn(C)c3)c2)s1. The molecule has 2 aromatic heterocycles. The predicted octanol–water partition coefficient (Wildman–Crippen LogP) is 3.89. The van der Waals surface area contributed by atoms with Gasteiger partial charge in [-0.05, 0) is 51.0 Å². The summed E-state index contributed by atoms with van der Waals surface area (Å²) in [5.74, 6) is -0.585. The van der Waals surface area contributed by atoms with Crippen molar-refractivity contribution in [3.8, 4) is 11.1 Å². The number of nitrogens with zero attached hydrogens (tertiary/aromatic N) is 3. The Morgan fingerprint density at radius 2 is 1.90 bits per heavy atom. The third-order valence-corrected chi connectivity index (χ3v) is 7.33. The van der Waals surface area contributed by atoms with Gasteiger partial charge in [-0.1, -0.05) is 6.92 Å². The summed E-state index contributed by atoms with van der Waals surface area (Å²) in [6, 6.07) is 4.52. The fourth-order valence-corrected chi connectivity index (χ4v) is 5.23. The molecule has 0 bridgehead atoms. The molecule has 0 aliphatic heterocycles. The Labute approximate surface area is 174 Å². The highest BCUT2D eigenvalue weighted by molar-refractivity contribution is 7.93. The topological polar surface area (TPSA) is 91.2 Å². The molecule has 0 saturated carbocycles. The van der Waals surface area contributed by atoms with E-state index >= 15 is 0 Å². The van der Waals surface area contributed by atoms with Gasteiger partial charge in [-0.15, -0.1) is 11.3 Å². The molecule has 0 fully saturated rings. The Morgan fingerprint density at radius 1 is 1.17 bits per heavy atom. The summed E-state index contributed by atoms with van der Waals surface area (Å²) >= 11 is 1.13. The fourth-order valence-electron chi connectivity index (χ4n) is 2.64. The van der Waals surface area contributed by atoms with Crippen molar-refractivity contribution in [1.82, 2.24) is 14.8 Å². The Kier molecular flexibility index (Phi) is 5.64. The zero-order valence-corrected chi connectivity index (χ0v) is 18.6. The second-order valence-corrected chi connectivity index (χ2v) is 10.9. The third kappa shape index (κ3) is 4.73. The summed E-state index contributed by atoms with van der Waals surface area (Å²) in [4.78, 5) is 16.8. The minimum Gasteiger partial charge on any atom is -0.456 e. The van der Waals surface area contributed by atoms with Crippen LogP contribution in [0.5, 0.6) is 0 Å². The summed E-state index contributed by atoms with van der Waals surface area (Å²) < 4.78 is 33.6. The highest BCUT2D eigenvalue weighted by Gasteiger charge is 2.25. The lowest BCUT2D eigenvalue weighted by molar-refractivity contribution is 0.00693. The lowest BCUT2D eigenvalue weighted by atomic mass is 10.1. The lowest BCUT2D eigenvalue weighted by Crippen LogP contribution is -2.24. The highest BCUT2D eigenvalue weighted by atomic mass is 32.2. The maximum Gasteiger partial charge on any atom is 0.338 e. The molecule has 0 amide bonds. The molecule has 29 heavy (non-hydrogen) atoms. The average Bonchev–Trinajstić information content (AvgIpc) is 3.29. The standard InChI is InChI=1S/C20H23N3O4S2/c1-6-17-21-11-18(28-17)29(25,26)16-8-13(15-10-22-23(5)12-15)7-14(9-16)19(24)27-20(2,3)4/h7-12H,6H2,1-5H3. The first-order chi connectivity index (χ1) is 13.5. The quantitative estimate of drug-likeness (QED) is 0.567. The van der Waals surface area contributed by atoms with Crippen LogP contribution in [-0.4, -0.2) is 34.8 Å². The molecule has 0 radical (unpaired) electrons. The normalized spacial score (nSPS) is 12.2. The first-order valence-electron chi connectivity index (χ1n) is 9.07. The number of hydrogen-bond acceptors (Lipinski definition) is 7. The second-order valence-electron chi connectivity index (χ2n) is 7.58. The molecule has 2 heterocycles. The van der Waals surface area contributed by atoms with E-state index in [0.717, 1.165) is 16.3 Å². The molecule has 1 aromatic carbocycles. The number of carbonyl (C=O) groups excluding carboxylic acids is 1. The van der Waals surface area contributed by atoms with Crippen LogP contribution in [0.15, 0.2) is 45.9 Å². The smallest absolute Gasteiger partial charge is 0.338 e. The first-order valence-corrected chi connectivity index (χ1v) is 11.4. The van der Waals surface area contributed by atoms with Crippen LogP contribution in [0.3, 0.4) is 0 Å². The summed E-state index contributed by atoms with van der Waals surface area (Å²) in [5.41, 5.74) is 0.738. The molecule has 3 aromatic rings. The van der Waals surface area contributed by atoms with Gasteiger partial charge < -0.3 is 4.74 Å². The number of esters is 1. The van der Waals surface area contributed by atoms with Crippen LogP contribution < -0.4 is 0 Å². The summed E-state index contributed by atoms with van der Waals surface area (Å²) in [6.45, 7) is 7.20. The second kappa shape index (κ2) is 7.72. The molecule has 9 heteroatoms. The van der Waals surface area contributed by atoms with Crippen LogP contribution in [0, 0.1) is 0 Å². The van der Waals surface area contributed by atoms with E-state index in [4.69, 9.17) is 4.74 Å². The van der Waals surface area contributed by atoms with Crippen molar-refractivity contribution < 1.29 is 17.9 Å². The molecule has 0 aliphatic carbocycles. The fraction of sp³-hybridized carbons (Fsp3) is 0.350. The molecular formula is C20H23N3O4S2. The molecule has 0 N–H and O–H groups in total. The van der Waals surface area contributed by atoms with Gasteiger partial charge in [0.2, 0.25) is 9.84 Å². The number of rotatable bonds is 5. The van der Waals surface area contributed by atoms with Gasteiger partial charge in [-0.25, -0.2) is 18.2 Å². The van der Waals surface area contributed by atoms with E-state index in [9.17, 15) is 13.2 Å². The molecule has 154 valence electrons. The van der Waals surface area contributed by atoms with Crippen molar-refractivity contribution in [1.29, 1.82) is 0 Å². The average molecular weight is 434 g/mol. The van der Waals surface area contributed by atoms with Crippen molar-refractivity contribution >= 4 is 27.1 Å². The molecule has 0 saturated heterocycles. The van der Waals surface area contributed by atoms with E-state index in [1.54, 1.807) is 57.0 Å². The lowest BCUT2D eigenvalue weighted by Gasteiger charge is -2.20. The van der Waals surface area contributed by atoms with E-state index in [-0.39, 0.29) is 14.7 Å². The molecule has 3 rings (SSSR count). The number of hydrogen-bond donors (Lipinski definition) is 0. The Morgan fingerprint density at radius 3 is 2.45 bits per heavy atom. The molecule has 0 spiro atoms. The largest absolute Gasteiger partial charge is 0.456 e. The molecular weight excluding hydrogens is 410 g/mol. The number of aromatic nitrogens is 3. The maximum absolute atomic E-state index is 13.2. The van der Waals surface area contributed by atoms with E-state index < -0.39 is 21.4 Å². The Hall–Kier alpha value is -2.52. The van der Waals surface area contributed by atoms with Gasteiger partial charge in [0.15, 0.2) is 0 Å². The van der Waals surface area contributed by atoms with Crippen molar-refractivity contribution in [2.45, 2.75) is 48.8 Å². The molecule has 7 nitrogen and oxygen atoms in total. The molecule has 0 aliphatic rings. The Bertz CT molecular complexity index is 1150. The molecule has 0 atom stereocenters. The summed E-state index contributed by atoms with van der Waals surface area (Å²) in [6.07, 6.45) is 5.39. The number of sulfone groups is 1. The minimum atomic E-state index is -3.83. The van der Waals surface area contributed by atoms with Crippen LogP contribution in [0.4, 0.5) is 0 Å². The number of ether oxygens (including phenoxy) is 1. The van der Waals surface area contributed by atoms with Gasteiger partial charge in [0.25, 0.3) is 0 Å². The van der Waals surface area contributed by atoms with Gasteiger partial charge in [0.05, 0.1) is 27.9 Å². The van der Waals surface area contributed by atoms with Crippen molar-refractivity contribution in [2.24, 2.45) is 7.05 Å². The van der Waals surface area contributed by atoms with Crippen molar-refractivity contribution in [3.63, 3.8) is 0 Å².